The lowest BCUT2D eigenvalue weighted by atomic mass is 9.96. The van der Waals surface area contributed by atoms with Crippen molar-refractivity contribution in [1.82, 2.24) is 19.8 Å². The fourth-order valence-electron chi connectivity index (χ4n) is 4.73. The fraction of sp³-hybridized carbons (Fsp3) is 0.385. The molecule has 1 saturated heterocycles. The zero-order chi connectivity index (χ0) is 22.7. The summed E-state index contributed by atoms with van der Waals surface area (Å²) in [5, 5.41) is 4.33. The number of rotatable bonds is 8. The topological polar surface area (TPSA) is 42.3 Å². The molecule has 2 atom stereocenters. The van der Waals surface area contributed by atoms with E-state index in [1.807, 2.05) is 18.3 Å². The lowest BCUT2D eigenvalue weighted by Crippen LogP contribution is -2.31. The molecule has 0 spiro atoms. The van der Waals surface area contributed by atoms with E-state index in [1.54, 1.807) is 7.11 Å². The highest BCUT2D eigenvalue weighted by atomic mass is 32.1. The molecule has 5 nitrogen and oxygen atoms in total. The number of nitrogens with zero attached hydrogens (tertiary/aromatic N) is 3. The molecule has 2 aromatic heterocycles. The van der Waals surface area contributed by atoms with Gasteiger partial charge in [-0.05, 0) is 80.4 Å². The van der Waals surface area contributed by atoms with E-state index in [-0.39, 0.29) is 12.1 Å². The largest absolute Gasteiger partial charge is 0.385 e. The van der Waals surface area contributed by atoms with Gasteiger partial charge in [0, 0.05) is 43.5 Å². The molecule has 6 heteroatoms. The smallest absolute Gasteiger partial charge is 0.170 e. The molecule has 3 aromatic rings. The molecule has 0 radical (unpaired) electrons. The van der Waals surface area contributed by atoms with E-state index in [9.17, 15) is 0 Å². The SMILES string of the molecule is CCc1ccc(-n2c(C)cc([C@@H]3[C@H](c4ccccn4)NC(=S)N3CCCOC)c2C)cc1. The van der Waals surface area contributed by atoms with Crippen LogP contribution in [0, 0.1) is 13.8 Å². The average molecular weight is 449 g/mol. The molecule has 0 bridgehead atoms. The third kappa shape index (κ3) is 4.30. The summed E-state index contributed by atoms with van der Waals surface area (Å²) >= 11 is 5.79. The lowest BCUT2D eigenvalue weighted by molar-refractivity contribution is 0.180. The van der Waals surface area contributed by atoms with Crippen molar-refractivity contribution >= 4 is 17.3 Å². The number of hydrogen-bond donors (Lipinski definition) is 1. The molecule has 0 aliphatic carbocycles. The van der Waals surface area contributed by atoms with Gasteiger partial charge < -0.3 is 19.5 Å². The first-order valence-corrected chi connectivity index (χ1v) is 11.7. The van der Waals surface area contributed by atoms with Gasteiger partial charge in [-0.15, -0.1) is 0 Å². The van der Waals surface area contributed by atoms with Gasteiger partial charge in [0.2, 0.25) is 0 Å². The molecule has 1 aliphatic heterocycles. The fourth-order valence-corrected chi connectivity index (χ4v) is 5.06. The third-order valence-electron chi connectivity index (χ3n) is 6.34. The third-order valence-corrected chi connectivity index (χ3v) is 6.69. The quantitative estimate of drug-likeness (QED) is 0.385. The Morgan fingerprint density at radius 3 is 2.56 bits per heavy atom. The monoisotopic (exact) mass is 448 g/mol. The van der Waals surface area contributed by atoms with Crippen molar-refractivity contribution in [2.24, 2.45) is 0 Å². The van der Waals surface area contributed by atoms with Crippen molar-refractivity contribution in [3.05, 3.63) is 82.9 Å². The van der Waals surface area contributed by atoms with Crippen LogP contribution in [0.2, 0.25) is 0 Å². The summed E-state index contributed by atoms with van der Waals surface area (Å²) in [6.45, 7) is 8.12. The van der Waals surface area contributed by atoms with Crippen molar-refractivity contribution < 1.29 is 4.74 Å². The lowest BCUT2D eigenvalue weighted by Gasteiger charge is -2.28. The van der Waals surface area contributed by atoms with E-state index < -0.39 is 0 Å². The van der Waals surface area contributed by atoms with Gasteiger partial charge in [-0.25, -0.2) is 0 Å². The summed E-state index contributed by atoms with van der Waals surface area (Å²) in [7, 11) is 1.74. The summed E-state index contributed by atoms with van der Waals surface area (Å²) in [6, 6.07) is 17.3. The maximum absolute atomic E-state index is 5.79. The van der Waals surface area contributed by atoms with Gasteiger partial charge in [-0.1, -0.05) is 25.1 Å². The molecule has 0 amide bonds. The number of pyridine rings is 1. The Labute approximate surface area is 196 Å². The van der Waals surface area contributed by atoms with Crippen molar-refractivity contribution in [2.45, 2.75) is 45.7 Å². The van der Waals surface area contributed by atoms with Gasteiger partial charge in [0.05, 0.1) is 17.8 Å². The molecule has 1 fully saturated rings. The number of hydrogen-bond acceptors (Lipinski definition) is 3. The summed E-state index contributed by atoms with van der Waals surface area (Å²) in [6.07, 6.45) is 3.81. The van der Waals surface area contributed by atoms with Crippen LogP contribution in [0.3, 0.4) is 0 Å². The van der Waals surface area contributed by atoms with Crippen molar-refractivity contribution in [3.63, 3.8) is 0 Å². The normalized spacial score (nSPS) is 18.2. The van der Waals surface area contributed by atoms with E-state index in [4.69, 9.17) is 17.0 Å². The minimum absolute atomic E-state index is 0.00247. The number of benzene rings is 1. The minimum atomic E-state index is 0.00247. The Morgan fingerprint density at radius 1 is 1.12 bits per heavy atom. The zero-order valence-electron chi connectivity index (χ0n) is 19.3. The standard InChI is InChI=1S/C26H32N4OS/c1-5-20-10-12-21(13-11-20)30-18(2)17-22(19(30)3)25-24(23-9-6-7-14-27-23)28-26(32)29(25)15-8-16-31-4/h6-7,9-14,17,24-25H,5,8,15-16H2,1-4H3,(H,28,32)/t24-,25+/m0/s1. The Bertz CT molecular complexity index is 1060. The zero-order valence-corrected chi connectivity index (χ0v) is 20.2. The molecule has 4 rings (SSSR count). The van der Waals surface area contributed by atoms with E-state index in [0.29, 0.717) is 6.61 Å². The molecular formula is C26H32N4OS. The van der Waals surface area contributed by atoms with Gasteiger partial charge in [-0.3, -0.25) is 4.98 Å². The first-order valence-electron chi connectivity index (χ1n) is 11.3. The summed E-state index contributed by atoms with van der Waals surface area (Å²) in [4.78, 5) is 6.96. The molecule has 1 N–H and O–H groups in total. The maximum atomic E-state index is 5.79. The van der Waals surface area contributed by atoms with Crippen LogP contribution < -0.4 is 5.32 Å². The van der Waals surface area contributed by atoms with E-state index >= 15 is 0 Å². The number of methoxy groups -OCH3 is 1. The number of aryl methyl sites for hydroxylation is 2. The van der Waals surface area contributed by atoms with Crippen LogP contribution in [-0.4, -0.2) is 39.8 Å². The Kier molecular flexibility index (Phi) is 6.92. The Morgan fingerprint density at radius 2 is 1.91 bits per heavy atom. The molecule has 32 heavy (non-hydrogen) atoms. The van der Waals surface area contributed by atoms with Gasteiger partial charge in [0.1, 0.15) is 0 Å². The number of nitrogens with one attached hydrogen (secondary N) is 1. The van der Waals surface area contributed by atoms with E-state index in [2.05, 4.69) is 76.9 Å². The predicted octanol–water partition coefficient (Wildman–Crippen LogP) is 5.06. The van der Waals surface area contributed by atoms with Crippen LogP contribution in [0.4, 0.5) is 0 Å². The molecule has 0 unspecified atom stereocenters. The highest BCUT2D eigenvalue weighted by Crippen LogP contribution is 2.41. The minimum Gasteiger partial charge on any atom is -0.385 e. The maximum Gasteiger partial charge on any atom is 0.170 e. The molecule has 0 saturated carbocycles. The number of aromatic nitrogens is 2. The van der Waals surface area contributed by atoms with E-state index in [1.165, 1.54) is 28.2 Å². The van der Waals surface area contributed by atoms with Crippen LogP contribution in [0.5, 0.6) is 0 Å². The van der Waals surface area contributed by atoms with Crippen LogP contribution >= 0.6 is 12.2 Å². The second-order valence-corrected chi connectivity index (χ2v) is 8.73. The highest BCUT2D eigenvalue weighted by Gasteiger charge is 2.41. The van der Waals surface area contributed by atoms with E-state index in [0.717, 1.165) is 30.2 Å². The second kappa shape index (κ2) is 9.84. The first kappa shape index (κ1) is 22.5. The molecule has 3 heterocycles. The highest BCUT2D eigenvalue weighted by molar-refractivity contribution is 7.80. The summed E-state index contributed by atoms with van der Waals surface area (Å²) < 4.78 is 7.65. The molecular weight excluding hydrogens is 416 g/mol. The summed E-state index contributed by atoms with van der Waals surface area (Å²) in [5.41, 5.74) is 7.28. The first-order chi connectivity index (χ1) is 15.5. The molecule has 1 aromatic carbocycles. The van der Waals surface area contributed by atoms with Crippen molar-refractivity contribution in [1.29, 1.82) is 0 Å². The number of thiocarbonyl (C=S) groups is 1. The van der Waals surface area contributed by atoms with Crippen LogP contribution in [0.15, 0.2) is 54.7 Å². The van der Waals surface area contributed by atoms with Gasteiger partial charge in [0.25, 0.3) is 0 Å². The second-order valence-electron chi connectivity index (χ2n) is 8.35. The molecule has 1 aliphatic rings. The Hall–Kier alpha value is -2.70. The van der Waals surface area contributed by atoms with Gasteiger partial charge >= 0.3 is 0 Å². The van der Waals surface area contributed by atoms with Crippen LogP contribution in [0.25, 0.3) is 5.69 Å². The summed E-state index contributed by atoms with van der Waals surface area (Å²) in [5.74, 6) is 0. The molecule has 168 valence electrons. The van der Waals surface area contributed by atoms with Gasteiger partial charge in [-0.2, -0.15) is 0 Å². The van der Waals surface area contributed by atoms with Crippen LogP contribution in [-0.2, 0) is 11.2 Å². The predicted molar refractivity (Wildman–Crippen MR) is 133 cm³/mol. The average Bonchev–Trinajstić information content (AvgIpc) is 3.29. The van der Waals surface area contributed by atoms with Gasteiger partial charge in [0.15, 0.2) is 5.11 Å². The van der Waals surface area contributed by atoms with Crippen LogP contribution in [0.1, 0.15) is 53.6 Å². The van der Waals surface area contributed by atoms with Crippen molar-refractivity contribution in [2.75, 3.05) is 20.3 Å². The Balaban J connectivity index is 1.76. The number of ether oxygens (including phenoxy) is 1. The van der Waals surface area contributed by atoms with Crippen molar-refractivity contribution in [3.8, 4) is 5.69 Å².